The van der Waals surface area contributed by atoms with E-state index in [2.05, 4.69) is 0 Å². The van der Waals surface area contributed by atoms with Crippen molar-refractivity contribution in [2.24, 2.45) is 0 Å². The van der Waals surface area contributed by atoms with Gasteiger partial charge in [0.15, 0.2) is 0 Å². The standard InChI is InChI=1S/C35H35FN2O3/c1-25-10-14-29(15-11-25)34(39)37-22-6-9-32(28-16-20-31(41-2)21-17-28)38(24-27-12-18-30(36)19-13-27)35(40)33(37)23-26-7-4-3-5-8-26/h3-5,7-8,10-21,32-33H,6,9,22-24H2,1-2H3/t32-,33-/m1/s1. The maximum Gasteiger partial charge on any atom is 0.254 e. The van der Waals surface area contributed by atoms with E-state index in [1.165, 1.54) is 12.1 Å². The molecule has 0 bridgehead atoms. The van der Waals surface area contributed by atoms with E-state index in [0.29, 0.717) is 37.9 Å². The Labute approximate surface area is 241 Å². The maximum atomic E-state index is 14.7. The predicted octanol–water partition coefficient (Wildman–Crippen LogP) is 6.76. The van der Waals surface area contributed by atoms with E-state index < -0.39 is 6.04 Å². The van der Waals surface area contributed by atoms with E-state index >= 15 is 0 Å². The van der Waals surface area contributed by atoms with Gasteiger partial charge in [0, 0.05) is 25.1 Å². The molecule has 4 aromatic carbocycles. The lowest BCUT2D eigenvalue weighted by atomic mass is 9.93. The first-order valence-corrected chi connectivity index (χ1v) is 14.0. The second kappa shape index (κ2) is 12.8. The molecule has 0 spiro atoms. The van der Waals surface area contributed by atoms with E-state index in [-0.39, 0.29) is 23.7 Å². The molecular formula is C35H35FN2O3. The number of nitrogens with zero attached hydrogens (tertiary/aromatic N) is 2. The Morgan fingerprint density at radius 1 is 0.878 bits per heavy atom. The molecule has 5 nitrogen and oxygen atoms in total. The first-order valence-electron chi connectivity index (χ1n) is 14.0. The van der Waals surface area contributed by atoms with Gasteiger partial charge in [-0.25, -0.2) is 4.39 Å². The minimum Gasteiger partial charge on any atom is -0.497 e. The summed E-state index contributed by atoms with van der Waals surface area (Å²) in [6.45, 7) is 2.75. The third kappa shape index (κ3) is 6.65. The van der Waals surface area contributed by atoms with Crippen molar-refractivity contribution in [3.63, 3.8) is 0 Å². The van der Waals surface area contributed by atoms with Crippen LogP contribution in [0.5, 0.6) is 5.75 Å². The van der Waals surface area contributed by atoms with E-state index in [4.69, 9.17) is 4.74 Å². The second-order valence-electron chi connectivity index (χ2n) is 10.6. The van der Waals surface area contributed by atoms with Crippen LogP contribution in [0.15, 0.2) is 103 Å². The van der Waals surface area contributed by atoms with Crippen molar-refractivity contribution >= 4 is 11.8 Å². The summed E-state index contributed by atoms with van der Waals surface area (Å²) in [7, 11) is 1.63. The summed E-state index contributed by atoms with van der Waals surface area (Å²) in [5.41, 5.74) is 4.44. The molecule has 0 saturated carbocycles. The number of methoxy groups -OCH3 is 1. The highest BCUT2D eigenvalue weighted by Crippen LogP contribution is 2.33. The van der Waals surface area contributed by atoms with Gasteiger partial charge in [-0.3, -0.25) is 9.59 Å². The Hall–Kier alpha value is -4.45. The first kappa shape index (κ1) is 28.1. The molecule has 0 aromatic heterocycles. The van der Waals surface area contributed by atoms with Gasteiger partial charge in [0.1, 0.15) is 17.6 Å². The third-order valence-electron chi connectivity index (χ3n) is 7.80. The fourth-order valence-electron chi connectivity index (χ4n) is 5.53. The quantitative estimate of drug-likeness (QED) is 0.256. The maximum absolute atomic E-state index is 14.7. The first-order chi connectivity index (χ1) is 19.9. The van der Waals surface area contributed by atoms with E-state index in [0.717, 1.165) is 28.0 Å². The van der Waals surface area contributed by atoms with Crippen LogP contribution in [0.1, 0.15) is 51.5 Å². The van der Waals surface area contributed by atoms with Crippen molar-refractivity contribution in [2.45, 2.75) is 44.8 Å². The molecule has 1 heterocycles. The molecular weight excluding hydrogens is 515 g/mol. The molecule has 2 amide bonds. The summed E-state index contributed by atoms with van der Waals surface area (Å²) in [4.78, 5) is 32.3. The van der Waals surface area contributed by atoms with Gasteiger partial charge in [-0.1, -0.05) is 72.3 Å². The van der Waals surface area contributed by atoms with Gasteiger partial charge in [-0.15, -0.1) is 0 Å². The summed E-state index contributed by atoms with van der Waals surface area (Å²) in [5.74, 6) is 0.146. The Kier molecular flexibility index (Phi) is 8.78. The van der Waals surface area contributed by atoms with E-state index in [9.17, 15) is 14.0 Å². The molecule has 0 aliphatic carbocycles. The van der Waals surface area contributed by atoms with Gasteiger partial charge in [-0.2, -0.15) is 0 Å². The fraction of sp³-hybridized carbons (Fsp3) is 0.257. The summed E-state index contributed by atoms with van der Waals surface area (Å²) in [5, 5.41) is 0. The number of benzene rings is 4. The highest BCUT2D eigenvalue weighted by Gasteiger charge is 2.38. The highest BCUT2D eigenvalue weighted by molar-refractivity contribution is 5.98. The zero-order chi connectivity index (χ0) is 28.8. The largest absolute Gasteiger partial charge is 0.497 e. The van der Waals surface area contributed by atoms with Crippen LogP contribution >= 0.6 is 0 Å². The zero-order valence-electron chi connectivity index (χ0n) is 23.5. The molecule has 41 heavy (non-hydrogen) atoms. The van der Waals surface area contributed by atoms with Crippen molar-refractivity contribution in [1.29, 1.82) is 0 Å². The van der Waals surface area contributed by atoms with Crippen molar-refractivity contribution in [1.82, 2.24) is 9.80 Å². The Bertz CT molecular complexity index is 1450. The van der Waals surface area contributed by atoms with Crippen LogP contribution in [0.2, 0.25) is 0 Å². The minimum atomic E-state index is -0.701. The normalized spacial score (nSPS) is 17.6. The molecule has 5 rings (SSSR count). The molecule has 6 heteroatoms. The lowest BCUT2D eigenvalue weighted by Gasteiger charge is -2.41. The Morgan fingerprint density at radius 3 is 2.22 bits per heavy atom. The number of hydrogen-bond acceptors (Lipinski definition) is 3. The van der Waals surface area contributed by atoms with Crippen molar-refractivity contribution < 1.29 is 18.7 Å². The van der Waals surface area contributed by atoms with Gasteiger partial charge in [-0.05, 0) is 72.9 Å². The van der Waals surface area contributed by atoms with Crippen LogP contribution in [0, 0.1) is 12.7 Å². The number of carbonyl (C=O) groups is 2. The number of halogens is 1. The Morgan fingerprint density at radius 2 is 1.56 bits per heavy atom. The minimum absolute atomic E-state index is 0.126. The topological polar surface area (TPSA) is 49.9 Å². The average molecular weight is 551 g/mol. The van der Waals surface area contributed by atoms with Gasteiger partial charge in [0.25, 0.3) is 5.91 Å². The molecule has 4 aromatic rings. The average Bonchev–Trinajstić information content (AvgIpc) is 3.00. The van der Waals surface area contributed by atoms with E-state index in [1.807, 2.05) is 90.7 Å². The summed E-state index contributed by atoms with van der Waals surface area (Å²) < 4.78 is 19.1. The number of carbonyl (C=O) groups excluding carboxylic acids is 2. The number of aryl methyl sites for hydroxylation is 1. The van der Waals surface area contributed by atoms with Gasteiger partial charge in [0.05, 0.1) is 13.2 Å². The molecule has 1 saturated heterocycles. The Balaban J connectivity index is 1.57. The van der Waals surface area contributed by atoms with Gasteiger partial charge >= 0.3 is 0 Å². The van der Waals surface area contributed by atoms with Crippen molar-refractivity contribution in [2.75, 3.05) is 13.7 Å². The number of rotatable bonds is 7. The van der Waals surface area contributed by atoms with Crippen LogP contribution in [0.3, 0.4) is 0 Å². The number of amides is 2. The van der Waals surface area contributed by atoms with Gasteiger partial charge in [0.2, 0.25) is 5.91 Å². The molecule has 210 valence electrons. The molecule has 2 atom stereocenters. The van der Waals surface area contributed by atoms with Crippen molar-refractivity contribution in [3.05, 3.63) is 137 Å². The fourth-order valence-corrected chi connectivity index (χ4v) is 5.53. The molecule has 0 radical (unpaired) electrons. The molecule has 0 N–H and O–H groups in total. The highest BCUT2D eigenvalue weighted by atomic mass is 19.1. The molecule has 1 aliphatic heterocycles. The lowest BCUT2D eigenvalue weighted by Crippen LogP contribution is -2.54. The molecule has 0 unspecified atom stereocenters. The van der Waals surface area contributed by atoms with Crippen LogP contribution in [0.4, 0.5) is 4.39 Å². The number of ether oxygens (including phenoxy) is 1. The van der Waals surface area contributed by atoms with Crippen LogP contribution < -0.4 is 4.74 Å². The molecule has 1 fully saturated rings. The number of hydrogen-bond donors (Lipinski definition) is 0. The van der Waals surface area contributed by atoms with Crippen LogP contribution in [0.25, 0.3) is 0 Å². The summed E-state index contributed by atoms with van der Waals surface area (Å²) in [6.07, 6.45) is 1.79. The smallest absolute Gasteiger partial charge is 0.254 e. The van der Waals surface area contributed by atoms with Crippen molar-refractivity contribution in [3.8, 4) is 5.75 Å². The van der Waals surface area contributed by atoms with E-state index in [1.54, 1.807) is 24.1 Å². The summed E-state index contributed by atoms with van der Waals surface area (Å²) in [6, 6.07) is 30.5. The molecule has 1 aliphatic rings. The van der Waals surface area contributed by atoms with Gasteiger partial charge < -0.3 is 14.5 Å². The summed E-state index contributed by atoms with van der Waals surface area (Å²) >= 11 is 0. The third-order valence-corrected chi connectivity index (χ3v) is 7.80. The SMILES string of the molecule is COc1ccc([C@H]2CCCN(C(=O)c3ccc(C)cc3)[C@H](Cc3ccccc3)C(=O)N2Cc2ccc(F)cc2)cc1. The second-order valence-corrected chi connectivity index (χ2v) is 10.6. The zero-order valence-corrected chi connectivity index (χ0v) is 23.5. The predicted molar refractivity (Wildman–Crippen MR) is 158 cm³/mol. The van der Waals surface area contributed by atoms with Crippen LogP contribution in [-0.4, -0.2) is 41.3 Å². The van der Waals surface area contributed by atoms with Crippen LogP contribution in [-0.2, 0) is 17.8 Å². The lowest BCUT2D eigenvalue weighted by molar-refractivity contribution is -0.141. The monoisotopic (exact) mass is 550 g/mol.